The molecule has 2 bridgehead atoms. The molecule has 4 aliphatic heterocycles. The summed E-state index contributed by atoms with van der Waals surface area (Å²) < 4.78 is 12.6. The van der Waals surface area contributed by atoms with Crippen molar-refractivity contribution in [3.8, 4) is 0 Å². The van der Waals surface area contributed by atoms with Gasteiger partial charge in [0.15, 0.2) is 11.9 Å². The van der Waals surface area contributed by atoms with Crippen molar-refractivity contribution in [2.24, 2.45) is 17.8 Å². The van der Waals surface area contributed by atoms with Crippen LogP contribution in [0.15, 0.2) is 0 Å². The standard InChI is InChI=1S/C17H27NO5/c1-10-13-7-5-6-12-8-9-15(3)20-14(17(12,13)23-22-15)21-16(10,4)18-11(2)19/h10,12-14H,5-9H2,1-4H3,(H,18,19)/t10-,12?,13+,14+,15-,16+,17?/m1/s1. The highest BCUT2D eigenvalue weighted by molar-refractivity contribution is 5.73. The molecule has 7 atom stereocenters. The van der Waals surface area contributed by atoms with Gasteiger partial charge in [0.25, 0.3) is 0 Å². The first-order chi connectivity index (χ1) is 10.8. The van der Waals surface area contributed by atoms with Gasteiger partial charge in [-0.25, -0.2) is 9.78 Å². The summed E-state index contributed by atoms with van der Waals surface area (Å²) in [6, 6.07) is 0. The van der Waals surface area contributed by atoms with E-state index in [1.165, 1.54) is 13.3 Å². The third-order valence-electron chi connectivity index (χ3n) is 6.57. The number of nitrogens with one attached hydrogen (secondary N) is 1. The molecule has 6 nitrogen and oxygen atoms in total. The monoisotopic (exact) mass is 325 g/mol. The summed E-state index contributed by atoms with van der Waals surface area (Å²) in [5.41, 5.74) is -1.30. The predicted octanol–water partition coefficient (Wildman–Crippen LogP) is 2.47. The summed E-state index contributed by atoms with van der Waals surface area (Å²) in [7, 11) is 0. The van der Waals surface area contributed by atoms with E-state index in [1.807, 2.05) is 13.8 Å². The maximum absolute atomic E-state index is 11.7. The smallest absolute Gasteiger partial charge is 0.219 e. The average molecular weight is 325 g/mol. The molecule has 4 heterocycles. The topological polar surface area (TPSA) is 66.0 Å². The lowest BCUT2D eigenvalue weighted by Gasteiger charge is -2.61. The van der Waals surface area contributed by atoms with Crippen molar-refractivity contribution in [2.45, 2.75) is 83.2 Å². The van der Waals surface area contributed by atoms with Crippen LogP contribution in [0.1, 0.15) is 59.8 Å². The van der Waals surface area contributed by atoms with Crippen LogP contribution in [0.4, 0.5) is 0 Å². The van der Waals surface area contributed by atoms with Gasteiger partial charge in [0.1, 0.15) is 5.72 Å². The molecule has 5 rings (SSSR count). The van der Waals surface area contributed by atoms with Crippen LogP contribution in [0.25, 0.3) is 0 Å². The first-order valence-electron chi connectivity index (χ1n) is 8.80. The fourth-order valence-corrected chi connectivity index (χ4v) is 5.24. The molecule has 0 aromatic rings. The van der Waals surface area contributed by atoms with Crippen LogP contribution in [0, 0.1) is 17.8 Å². The third-order valence-corrected chi connectivity index (χ3v) is 6.57. The quantitative estimate of drug-likeness (QED) is 0.750. The molecule has 130 valence electrons. The van der Waals surface area contributed by atoms with Crippen molar-refractivity contribution in [3.63, 3.8) is 0 Å². The SMILES string of the molecule is CC(=O)N[C@@]1(C)O[C@@H]2O[C@@]3(C)CCC4CCC[C@@H]([C@H]1C)C42OO3. The Labute approximate surface area is 137 Å². The van der Waals surface area contributed by atoms with E-state index in [-0.39, 0.29) is 17.7 Å². The molecule has 6 heteroatoms. The Morgan fingerprint density at radius 2 is 1.91 bits per heavy atom. The van der Waals surface area contributed by atoms with Crippen molar-refractivity contribution in [1.29, 1.82) is 0 Å². The maximum Gasteiger partial charge on any atom is 0.219 e. The fourth-order valence-electron chi connectivity index (χ4n) is 5.24. The van der Waals surface area contributed by atoms with Crippen molar-refractivity contribution in [2.75, 3.05) is 0 Å². The minimum Gasteiger partial charge on any atom is -0.328 e. The van der Waals surface area contributed by atoms with Gasteiger partial charge >= 0.3 is 0 Å². The van der Waals surface area contributed by atoms with Crippen molar-refractivity contribution in [1.82, 2.24) is 5.32 Å². The molecule has 0 radical (unpaired) electrons. The van der Waals surface area contributed by atoms with E-state index in [4.69, 9.17) is 19.2 Å². The fraction of sp³-hybridized carbons (Fsp3) is 0.941. The summed E-state index contributed by atoms with van der Waals surface area (Å²) in [6.45, 7) is 7.51. The Morgan fingerprint density at radius 1 is 1.13 bits per heavy atom. The van der Waals surface area contributed by atoms with Crippen molar-refractivity contribution < 1.29 is 24.0 Å². The van der Waals surface area contributed by atoms with Crippen LogP contribution < -0.4 is 5.32 Å². The molecule has 1 amide bonds. The second-order valence-corrected chi connectivity index (χ2v) is 8.07. The van der Waals surface area contributed by atoms with Gasteiger partial charge < -0.3 is 14.8 Å². The molecule has 1 spiro atoms. The molecule has 1 N–H and O–H groups in total. The predicted molar refractivity (Wildman–Crippen MR) is 80.7 cm³/mol. The highest BCUT2D eigenvalue weighted by Crippen LogP contribution is 2.60. The minimum atomic E-state index is -0.768. The van der Waals surface area contributed by atoms with Gasteiger partial charge in [0.05, 0.1) is 0 Å². The average Bonchev–Trinajstić information content (AvgIpc) is 2.69. The maximum atomic E-state index is 11.7. The summed E-state index contributed by atoms with van der Waals surface area (Å²) in [5.74, 6) is -0.139. The second-order valence-electron chi connectivity index (χ2n) is 8.07. The van der Waals surface area contributed by atoms with Crippen LogP contribution in [0.3, 0.4) is 0 Å². The van der Waals surface area contributed by atoms with E-state index < -0.39 is 23.4 Å². The largest absolute Gasteiger partial charge is 0.328 e. The number of fused-ring (bicyclic) bond motifs is 2. The Balaban J connectivity index is 1.77. The molecule has 4 saturated heterocycles. The van der Waals surface area contributed by atoms with E-state index in [2.05, 4.69) is 12.2 Å². The zero-order chi connectivity index (χ0) is 16.5. The summed E-state index contributed by atoms with van der Waals surface area (Å²) in [6.07, 6.45) is 4.64. The Bertz CT molecular complexity index is 527. The summed E-state index contributed by atoms with van der Waals surface area (Å²) in [4.78, 5) is 23.5. The number of hydrogen-bond acceptors (Lipinski definition) is 5. The Kier molecular flexibility index (Phi) is 3.38. The van der Waals surface area contributed by atoms with Crippen LogP contribution in [-0.2, 0) is 24.0 Å². The lowest BCUT2D eigenvalue weighted by atomic mass is 9.59. The van der Waals surface area contributed by atoms with E-state index >= 15 is 0 Å². The number of amides is 1. The Morgan fingerprint density at radius 3 is 2.65 bits per heavy atom. The molecule has 5 aliphatic rings. The number of hydrogen-bond donors (Lipinski definition) is 1. The molecule has 5 fully saturated rings. The molecule has 1 aliphatic carbocycles. The van der Waals surface area contributed by atoms with Crippen molar-refractivity contribution in [3.05, 3.63) is 0 Å². The number of rotatable bonds is 1. The zero-order valence-electron chi connectivity index (χ0n) is 14.4. The highest BCUT2D eigenvalue weighted by atomic mass is 17.3. The first kappa shape index (κ1) is 15.8. The molecule has 2 unspecified atom stereocenters. The summed E-state index contributed by atoms with van der Waals surface area (Å²) in [5, 5.41) is 3.00. The normalized spacial score (nSPS) is 55.0. The molecular formula is C17H27NO5. The minimum absolute atomic E-state index is 0.0928. The van der Waals surface area contributed by atoms with E-state index in [9.17, 15) is 4.79 Å². The van der Waals surface area contributed by atoms with Gasteiger partial charge in [0, 0.05) is 25.2 Å². The van der Waals surface area contributed by atoms with Gasteiger partial charge in [-0.05, 0) is 39.0 Å². The molecular weight excluding hydrogens is 298 g/mol. The van der Waals surface area contributed by atoms with E-state index in [0.29, 0.717) is 5.92 Å². The lowest BCUT2D eigenvalue weighted by molar-refractivity contribution is -0.575. The first-order valence-corrected chi connectivity index (χ1v) is 8.80. The second kappa shape index (κ2) is 4.91. The lowest BCUT2D eigenvalue weighted by Crippen LogP contribution is -2.74. The van der Waals surface area contributed by atoms with E-state index in [1.54, 1.807) is 0 Å². The van der Waals surface area contributed by atoms with Crippen molar-refractivity contribution >= 4 is 5.91 Å². The van der Waals surface area contributed by atoms with Crippen LogP contribution in [0.2, 0.25) is 0 Å². The number of carbonyl (C=O) groups excluding carboxylic acids is 1. The zero-order valence-corrected chi connectivity index (χ0v) is 14.4. The third kappa shape index (κ3) is 2.11. The van der Waals surface area contributed by atoms with Gasteiger partial charge in [-0.1, -0.05) is 13.3 Å². The van der Waals surface area contributed by atoms with Gasteiger partial charge in [-0.2, -0.15) is 0 Å². The highest BCUT2D eigenvalue weighted by Gasteiger charge is 2.70. The van der Waals surface area contributed by atoms with Crippen LogP contribution in [0.5, 0.6) is 0 Å². The van der Waals surface area contributed by atoms with E-state index in [0.717, 1.165) is 25.7 Å². The number of ether oxygens (including phenoxy) is 2. The molecule has 0 aromatic heterocycles. The van der Waals surface area contributed by atoms with Gasteiger partial charge in [-0.15, -0.1) is 0 Å². The molecule has 1 saturated carbocycles. The van der Waals surface area contributed by atoms with Gasteiger partial charge in [-0.3, -0.25) is 4.79 Å². The van der Waals surface area contributed by atoms with Gasteiger partial charge in [0.2, 0.25) is 11.7 Å². The molecule has 23 heavy (non-hydrogen) atoms. The number of carbonyl (C=O) groups is 1. The molecule has 0 aromatic carbocycles. The van der Waals surface area contributed by atoms with Crippen LogP contribution >= 0.6 is 0 Å². The van der Waals surface area contributed by atoms with Crippen LogP contribution in [-0.4, -0.2) is 29.3 Å². The summed E-state index contributed by atoms with van der Waals surface area (Å²) >= 11 is 0. The Hall–Kier alpha value is -0.690.